The first-order chi connectivity index (χ1) is 6.84. The zero-order chi connectivity index (χ0) is 10.2. The summed E-state index contributed by atoms with van der Waals surface area (Å²) in [6, 6.07) is 7.55. The van der Waals surface area contributed by atoms with Crippen molar-refractivity contribution in [3.8, 4) is 5.75 Å². The maximum absolute atomic E-state index is 5.93. The predicted octanol–water partition coefficient (Wildman–Crippen LogP) is 2.72. The van der Waals surface area contributed by atoms with Gasteiger partial charge >= 0.3 is 0 Å². The van der Waals surface area contributed by atoms with Gasteiger partial charge in [0.2, 0.25) is 0 Å². The van der Waals surface area contributed by atoms with Gasteiger partial charge in [-0.15, -0.1) is 0 Å². The van der Waals surface area contributed by atoms with E-state index in [0.717, 1.165) is 31.7 Å². The summed E-state index contributed by atoms with van der Waals surface area (Å²) >= 11 is 5.93. The number of hydrogen-bond donors (Lipinski definition) is 1. The average molecular weight is 214 g/mol. The minimum absolute atomic E-state index is 0.682. The third-order valence-corrected chi connectivity index (χ3v) is 2.23. The van der Waals surface area contributed by atoms with Crippen LogP contribution >= 0.6 is 11.6 Å². The molecule has 3 heteroatoms. The molecule has 1 aromatic carbocycles. The molecule has 0 heterocycles. The lowest BCUT2D eigenvalue weighted by Gasteiger charge is -2.07. The number of ether oxygens (including phenoxy) is 1. The summed E-state index contributed by atoms with van der Waals surface area (Å²) < 4.78 is 5.52. The Morgan fingerprint density at radius 2 is 2.07 bits per heavy atom. The standard InChI is InChI=1S/C11H16ClNO/c1-13-8-4-5-9-14-11-7-3-2-6-10(11)12/h2-3,6-7,13H,4-5,8-9H2,1H3. The fourth-order valence-corrected chi connectivity index (χ4v) is 1.34. The number of nitrogens with one attached hydrogen (secondary N) is 1. The highest BCUT2D eigenvalue weighted by Crippen LogP contribution is 2.23. The van der Waals surface area contributed by atoms with Crippen molar-refractivity contribution in [2.45, 2.75) is 12.8 Å². The minimum atomic E-state index is 0.682. The van der Waals surface area contributed by atoms with Gasteiger partial charge in [-0.2, -0.15) is 0 Å². The van der Waals surface area contributed by atoms with Gasteiger partial charge in [0.25, 0.3) is 0 Å². The zero-order valence-electron chi connectivity index (χ0n) is 8.42. The first kappa shape index (κ1) is 11.3. The van der Waals surface area contributed by atoms with Gasteiger partial charge in [0.05, 0.1) is 11.6 Å². The molecule has 0 aliphatic heterocycles. The van der Waals surface area contributed by atoms with Gasteiger partial charge in [-0.05, 0) is 38.6 Å². The van der Waals surface area contributed by atoms with Crippen LogP contribution in [-0.4, -0.2) is 20.2 Å². The highest BCUT2D eigenvalue weighted by molar-refractivity contribution is 6.32. The lowest BCUT2D eigenvalue weighted by atomic mass is 10.3. The summed E-state index contributed by atoms with van der Waals surface area (Å²) in [5.41, 5.74) is 0. The van der Waals surface area contributed by atoms with E-state index in [0.29, 0.717) is 5.02 Å². The van der Waals surface area contributed by atoms with Crippen LogP contribution in [0.2, 0.25) is 5.02 Å². The Labute approximate surface area is 90.2 Å². The highest BCUT2D eigenvalue weighted by Gasteiger charge is 1.98. The normalized spacial score (nSPS) is 10.1. The molecule has 0 aliphatic carbocycles. The molecule has 0 fully saturated rings. The molecule has 0 bridgehead atoms. The van der Waals surface area contributed by atoms with Crippen molar-refractivity contribution in [2.24, 2.45) is 0 Å². The fourth-order valence-electron chi connectivity index (χ4n) is 1.15. The van der Waals surface area contributed by atoms with E-state index in [9.17, 15) is 0 Å². The molecule has 0 aromatic heterocycles. The lowest BCUT2D eigenvalue weighted by molar-refractivity contribution is 0.306. The van der Waals surface area contributed by atoms with Crippen molar-refractivity contribution in [2.75, 3.05) is 20.2 Å². The Morgan fingerprint density at radius 1 is 1.29 bits per heavy atom. The Kier molecular flexibility index (Phi) is 5.42. The molecule has 1 N–H and O–H groups in total. The van der Waals surface area contributed by atoms with E-state index in [-0.39, 0.29) is 0 Å². The predicted molar refractivity (Wildman–Crippen MR) is 60.1 cm³/mol. The summed E-state index contributed by atoms with van der Waals surface area (Å²) in [5, 5.41) is 3.78. The van der Waals surface area contributed by atoms with Crippen LogP contribution in [0.5, 0.6) is 5.75 Å². The zero-order valence-corrected chi connectivity index (χ0v) is 9.18. The Balaban J connectivity index is 2.21. The second kappa shape index (κ2) is 6.68. The molecule has 0 aliphatic rings. The van der Waals surface area contributed by atoms with E-state index in [1.54, 1.807) is 0 Å². The average Bonchev–Trinajstić information content (AvgIpc) is 2.20. The van der Waals surface area contributed by atoms with Crippen LogP contribution in [0.15, 0.2) is 24.3 Å². The Hall–Kier alpha value is -0.730. The third kappa shape index (κ3) is 3.99. The molecule has 0 radical (unpaired) electrons. The first-order valence-corrected chi connectivity index (χ1v) is 5.24. The van der Waals surface area contributed by atoms with Crippen LogP contribution in [0.25, 0.3) is 0 Å². The molecule has 2 nitrogen and oxygen atoms in total. The van der Waals surface area contributed by atoms with E-state index in [1.807, 2.05) is 31.3 Å². The molecule has 0 amide bonds. The lowest BCUT2D eigenvalue weighted by Crippen LogP contribution is -2.09. The molecule has 1 aromatic rings. The Bertz CT molecular complexity index is 265. The Morgan fingerprint density at radius 3 is 2.79 bits per heavy atom. The van der Waals surface area contributed by atoms with Crippen LogP contribution in [0.3, 0.4) is 0 Å². The molecule has 0 saturated heterocycles. The number of para-hydroxylation sites is 1. The molecule has 78 valence electrons. The maximum atomic E-state index is 5.93. The van der Waals surface area contributed by atoms with Crippen LogP contribution in [0.4, 0.5) is 0 Å². The summed E-state index contributed by atoms with van der Waals surface area (Å²) in [6.07, 6.45) is 2.17. The summed E-state index contributed by atoms with van der Waals surface area (Å²) in [7, 11) is 1.95. The summed E-state index contributed by atoms with van der Waals surface area (Å²) in [6.45, 7) is 1.76. The van der Waals surface area contributed by atoms with Gasteiger partial charge in [0, 0.05) is 0 Å². The molecule has 14 heavy (non-hydrogen) atoms. The molecule has 0 unspecified atom stereocenters. The van der Waals surface area contributed by atoms with E-state index >= 15 is 0 Å². The topological polar surface area (TPSA) is 21.3 Å². The maximum Gasteiger partial charge on any atom is 0.137 e. The van der Waals surface area contributed by atoms with Gasteiger partial charge in [-0.1, -0.05) is 23.7 Å². The number of benzene rings is 1. The molecule has 1 rings (SSSR count). The molecule has 0 spiro atoms. The first-order valence-electron chi connectivity index (χ1n) is 4.86. The SMILES string of the molecule is CNCCCCOc1ccccc1Cl. The third-order valence-electron chi connectivity index (χ3n) is 1.92. The molecular weight excluding hydrogens is 198 g/mol. The summed E-state index contributed by atoms with van der Waals surface area (Å²) in [4.78, 5) is 0. The van der Waals surface area contributed by atoms with Crippen molar-refractivity contribution < 1.29 is 4.74 Å². The van der Waals surface area contributed by atoms with Gasteiger partial charge in [-0.3, -0.25) is 0 Å². The van der Waals surface area contributed by atoms with Gasteiger partial charge in [0.1, 0.15) is 5.75 Å². The summed E-state index contributed by atoms with van der Waals surface area (Å²) in [5.74, 6) is 0.777. The van der Waals surface area contributed by atoms with E-state index in [4.69, 9.17) is 16.3 Å². The van der Waals surface area contributed by atoms with Gasteiger partial charge in [0.15, 0.2) is 0 Å². The number of hydrogen-bond acceptors (Lipinski definition) is 2. The molecule has 0 saturated carbocycles. The number of unbranched alkanes of at least 4 members (excludes halogenated alkanes) is 1. The molecular formula is C11H16ClNO. The van der Waals surface area contributed by atoms with Crippen molar-refractivity contribution in [3.05, 3.63) is 29.3 Å². The second-order valence-electron chi connectivity index (χ2n) is 3.09. The van der Waals surface area contributed by atoms with Crippen LogP contribution in [0.1, 0.15) is 12.8 Å². The largest absolute Gasteiger partial charge is 0.492 e. The monoisotopic (exact) mass is 213 g/mol. The van der Waals surface area contributed by atoms with E-state index in [1.165, 1.54) is 0 Å². The van der Waals surface area contributed by atoms with Gasteiger partial charge in [-0.25, -0.2) is 0 Å². The van der Waals surface area contributed by atoms with Crippen molar-refractivity contribution in [3.63, 3.8) is 0 Å². The smallest absolute Gasteiger partial charge is 0.137 e. The second-order valence-corrected chi connectivity index (χ2v) is 3.50. The number of rotatable bonds is 6. The quantitative estimate of drug-likeness (QED) is 0.734. The van der Waals surface area contributed by atoms with Gasteiger partial charge < -0.3 is 10.1 Å². The van der Waals surface area contributed by atoms with Crippen molar-refractivity contribution >= 4 is 11.6 Å². The van der Waals surface area contributed by atoms with Crippen LogP contribution < -0.4 is 10.1 Å². The highest BCUT2D eigenvalue weighted by atomic mass is 35.5. The fraction of sp³-hybridized carbons (Fsp3) is 0.455. The minimum Gasteiger partial charge on any atom is -0.492 e. The van der Waals surface area contributed by atoms with Crippen molar-refractivity contribution in [1.82, 2.24) is 5.32 Å². The van der Waals surface area contributed by atoms with E-state index in [2.05, 4.69) is 5.32 Å². The van der Waals surface area contributed by atoms with E-state index < -0.39 is 0 Å². The number of halogens is 1. The molecule has 0 atom stereocenters. The van der Waals surface area contributed by atoms with Crippen LogP contribution in [-0.2, 0) is 0 Å². The van der Waals surface area contributed by atoms with Crippen molar-refractivity contribution in [1.29, 1.82) is 0 Å². The van der Waals surface area contributed by atoms with Crippen LogP contribution in [0, 0.1) is 0 Å².